The van der Waals surface area contributed by atoms with Gasteiger partial charge >= 0.3 is 0 Å². The topological polar surface area (TPSA) is 42.0 Å². The Hall–Kier alpha value is -1.38. The molecule has 0 bridgehead atoms. The van der Waals surface area contributed by atoms with E-state index in [9.17, 15) is 4.79 Å². The van der Waals surface area contributed by atoms with Crippen LogP contribution in [0.3, 0.4) is 0 Å². The number of aldehydes is 1. The van der Waals surface area contributed by atoms with Crippen LogP contribution in [0, 0.1) is 5.92 Å². The lowest BCUT2D eigenvalue weighted by Crippen LogP contribution is -2.10. The van der Waals surface area contributed by atoms with Gasteiger partial charge in [0, 0.05) is 12.7 Å². The fourth-order valence-corrected chi connectivity index (χ4v) is 0.961. The average Bonchev–Trinajstić information content (AvgIpc) is 2.15. The maximum Gasteiger partial charge on any atom is 0.153 e. The van der Waals surface area contributed by atoms with Crippen LogP contribution < -0.4 is 5.32 Å². The number of anilines is 1. The van der Waals surface area contributed by atoms with E-state index in [0.29, 0.717) is 17.3 Å². The summed E-state index contributed by atoms with van der Waals surface area (Å²) in [6.45, 7) is 5.05. The summed E-state index contributed by atoms with van der Waals surface area (Å²) in [5, 5.41) is 3.12. The molecule has 0 aliphatic rings. The molecule has 0 fully saturated rings. The number of hydrogen-bond acceptors (Lipinski definition) is 3. The van der Waals surface area contributed by atoms with E-state index in [1.165, 1.54) is 0 Å². The molecular weight excluding hydrogens is 164 g/mol. The summed E-state index contributed by atoms with van der Waals surface area (Å²) in [6.07, 6.45) is 2.49. The number of carbonyl (C=O) groups is 1. The SMILES string of the molecule is CC(C)CNc1ncccc1C=O. The van der Waals surface area contributed by atoms with Gasteiger partial charge in [0.25, 0.3) is 0 Å². The largest absolute Gasteiger partial charge is 0.369 e. The van der Waals surface area contributed by atoms with Crippen LogP contribution in [0.5, 0.6) is 0 Å². The highest BCUT2D eigenvalue weighted by Crippen LogP contribution is 2.08. The van der Waals surface area contributed by atoms with E-state index in [1.54, 1.807) is 18.3 Å². The highest BCUT2D eigenvalue weighted by Gasteiger charge is 2.01. The minimum Gasteiger partial charge on any atom is -0.369 e. The molecule has 1 N–H and O–H groups in total. The molecule has 1 heterocycles. The summed E-state index contributed by atoms with van der Waals surface area (Å²) < 4.78 is 0. The van der Waals surface area contributed by atoms with Gasteiger partial charge in [0.1, 0.15) is 5.82 Å². The normalized spacial score (nSPS) is 10.1. The van der Waals surface area contributed by atoms with E-state index in [1.807, 2.05) is 0 Å². The van der Waals surface area contributed by atoms with Crippen LogP contribution in [0.4, 0.5) is 5.82 Å². The molecule has 0 saturated carbocycles. The van der Waals surface area contributed by atoms with Crippen LogP contribution in [-0.2, 0) is 0 Å². The molecule has 1 aromatic rings. The van der Waals surface area contributed by atoms with Crippen LogP contribution in [0.2, 0.25) is 0 Å². The van der Waals surface area contributed by atoms with Gasteiger partial charge in [-0.3, -0.25) is 4.79 Å². The molecule has 13 heavy (non-hydrogen) atoms. The molecule has 0 saturated heterocycles. The van der Waals surface area contributed by atoms with Crippen LogP contribution >= 0.6 is 0 Å². The summed E-state index contributed by atoms with van der Waals surface area (Å²) in [6, 6.07) is 3.51. The Morgan fingerprint density at radius 3 is 3.00 bits per heavy atom. The third-order valence-corrected chi connectivity index (χ3v) is 1.64. The maximum absolute atomic E-state index is 10.6. The van der Waals surface area contributed by atoms with E-state index in [4.69, 9.17) is 0 Å². The molecule has 0 aliphatic carbocycles. The van der Waals surface area contributed by atoms with Crippen LogP contribution in [0.25, 0.3) is 0 Å². The quantitative estimate of drug-likeness (QED) is 0.716. The molecule has 1 rings (SSSR count). The van der Waals surface area contributed by atoms with Crippen molar-refractivity contribution in [3.63, 3.8) is 0 Å². The van der Waals surface area contributed by atoms with Crippen molar-refractivity contribution in [2.45, 2.75) is 13.8 Å². The Balaban J connectivity index is 2.69. The monoisotopic (exact) mass is 178 g/mol. The lowest BCUT2D eigenvalue weighted by Gasteiger charge is -2.08. The van der Waals surface area contributed by atoms with Crippen molar-refractivity contribution >= 4 is 12.1 Å². The van der Waals surface area contributed by atoms with Gasteiger partial charge in [-0.1, -0.05) is 13.8 Å². The van der Waals surface area contributed by atoms with Gasteiger partial charge in [-0.15, -0.1) is 0 Å². The predicted octanol–water partition coefficient (Wildman–Crippen LogP) is 1.96. The van der Waals surface area contributed by atoms with E-state index in [2.05, 4.69) is 24.1 Å². The highest BCUT2D eigenvalue weighted by molar-refractivity contribution is 5.82. The van der Waals surface area contributed by atoms with Crippen molar-refractivity contribution in [3.8, 4) is 0 Å². The zero-order valence-corrected chi connectivity index (χ0v) is 7.95. The lowest BCUT2D eigenvalue weighted by molar-refractivity contribution is 0.112. The maximum atomic E-state index is 10.6. The Bertz CT molecular complexity index is 284. The molecular formula is C10H14N2O. The number of hydrogen-bond donors (Lipinski definition) is 1. The van der Waals surface area contributed by atoms with Gasteiger partial charge in [-0.25, -0.2) is 4.98 Å². The lowest BCUT2D eigenvalue weighted by atomic mass is 10.2. The Morgan fingerprint density at radius 2 is 2.38 bits per heavy atom. The van der Waals surface area contributed by atoms with Gasteiger partial charge in [0.2, 0.25) is 0 Å². The van der Waals surface area contributed by atoms with E-state index < -0.39 is 0 Å². The minimum absolute atomic E-state index is 0.543. The Morgan fingerprint density at radius 1 is 1.62 bits per heavy atom. The number of nitrogens with zero attached hydrogens (tertiary/aromatic N) is 1. The third-order valence-electron chi connectivity index (χ3n) is 1.64. The van der Waals surface area contributed by atoms with E-state index in [0.717, 1.165) is 12.8 Å². The van der Waals surface area contributed by atoms with E-state index in [-0.39, 0.29) is 0 Å². The fraction of sp³-hybridized carbons (Fsp3) is 0.400. The first-order valence-corrected chi connectivity index (χ1v) is 4.38. The fourth-order valence-electron chi connectivity index (χ4n) is 0.961. The van der Waals surface area contributed by atoms with Crippen LogP contribution in [-0.4, -0.2) is 17.8 Å². The molecule has 0 aliphatic heterocycles. The molecule has 0 unspecified atom stereocenters. The molecule has 0 spiro atoms. The van der Waals surface area contributed by atoms with Crippen molar-refractivity contribution < 1.29 is 4.79 Å². The molecule has 3 heteroatoms. The van der Waals surface area contributed by atoms with Crippen LogP contribution in [0.1, 0.15) is 24.2 Å². The van der Waals surface area contributed by atoms with Gasteiger partial charge < -0.3 is 5.32 Å². The summed E-state index contributed by atoms with van der Waals surface area (Å²) in [7, 11) is 0. The predicted molar refractivity (Wildman–Crippen MR) is 53.0 cm³/mol. The molecule has 0 atom stereocenters. The number of nitrogens with one attached hydrogen (secondary N) is 1. The third kappa shape index (κ3) is 2.86. The summed E-state index contributed by atoms with van der Waals surface area (Å²) >= 11 is 0. The Labute approximate surface area is 78.2 Å². The smallest absolute Gasteiger partial charge is 0.153 e. The molecule has 0 radical (unpaired) electrons. The second-order valence-corrected chi connectivity index (χ2v) is 3.33. The van der Waals surface area contributed by atoms with Crippen molar-refractivity contribution in [2.24, 2.45) is 5.92 Å². The standard InChI is InChI=1S/C10H14N2O/c1-8(2)6-12-10-9(7-13)4-3-5-11-10/h3-5,7-8H,6H2,1-2H3,(H,11,12). The van der Waals surface area contributed by atoms with Gasteiger partial charge in [-0.2, -0.15) is 0 Å². The van der Waals surface area contributed by atoms with Crippen LogP contribution in [0.15, 0.2) is 18.3 Å². The van der Waals surface area contributed by atoms with Crippen molar-refractivity contribution in [1.29, 1.82) is 0 Å². The zero-order valence-electron chi connectivity index (χ0n) is 7.95. The first-order valence-electron chi connectivity index (χ1n) is 4.38. The molecule has 1 aromatic heterocycles. The first kappa shape index (κ1) is 9.71. The second-order valence-electron chi connectivity index (χ2n) is 3.33. The van der Waals surface area contributed by atoms with E-state index >= 15 is 0 Å². The Kier molecular flexibility index (Phi) is 3.43. The molecule has 70 valence electrons. The molecule has 0 amide bonds. The highest BCUT2D eigenvalue weighted by atomic mass is 16.1. The van der Waals surface area contributed by atoms with Crippen molar-refractivity contribution in [1.82, 2.24) is 4.98 Å². The molecule has 0 aromatic carbocycles. The summed E-state index contributed by atoms with van der Waals surface area (Å²) in [5.74, 6) is 1.22. The second kappa shape index (κ2) is 4.60. The minimum atomic E-state index is 0.543. The van der Waals surface area contributed by atoms with Crippen molar-refractivity contribution in [2.75, 3.05) is 11.9 Å². The van der Waals surface area contributed by atoms with Gasteiger partial charge in [0.05, 0.1) is 5.56 Å². The zero-order chi connectivity index (χ0) is 9.68. The number of rotatable bonds is 4. The summed E-state index contributed by atoms with van der Waals surface area (Å²) in [4.78, 5) is 14.7. The van der Waals surface area contributed by atoms with Gasteiger partial charge in [0.15, 0.2) is 6.29 Å². The number of pyridine rings is 1. The number of carbonyl (C=O) groups excluding carboxylic acids is 1. The van der Waals surface area contributed by atoms with Crippen molar-refractivity contribution in [3.05, 3.63) is 23.9 Å². The average molecular weight is 178 g/mol. The van der Waals surface area contributed by atoms with Gasteiger partial charge in [-0.05, 0) is 18.1 Å². The number of aromatic nitrogens is 1. The first-order chi connectivity index (χ1) is 6.24. The molecule has 3 nitrogen and oxygen atoms in total. The summed E-state index contributed by atoms with van der Waals surface area (Å²) in [5.41, 5.74) is 0.614.